The zero-order chi connectivity index (χ0) is 31.2. The Morgan fingerprint density at radius 2 is 1.14 bits per heavy atom. The first-order chi connectivity index (χ1) is 21.2. The van der Waals surface area contributed by atoms with E-state index in [9.17, 15) is 10.2 Å². The predicted molar refractivity (Wildman–Crippen MR) is 175 cm³/mol. The first-order valence-corrected chi connectivity index (χ1v) is 17.2. The van der Waals surface area contributed by atoms with Crippen molar-refractivity contribution in [3.63, 3.8) is 0 Å². The summed E-state index contributed by atoms with van der Waals surface area (Å²) in [5.41, 5.74) is 1.93. The minimum atomic E-state index is -3.16. The molecule has 1 aliphatic rings. The molecule has 6 nitrogen and oxygen atoms in total. The number of ether oxygens (including phenoxy) is 3. The Morgan fingerprint density at radius 1 is 0.705 bits per heavy atom. The second-order valence-corrected chi connectivity index (χ2v) is 16.8. The molecule has 0 amide bonds. The Kier molecular flexibility index (Phi) is 10.2. The van der Waals surface area contributed by atoms with E-state index < -0.39 is 45.1 Å². The van der Waals surface area contributed by atoms with E-state index in [-0.39, 0.29) is 18.3 Å². The van der Waals surface area contributed by atoms with Gasteiger partial charge in [0.15, 0.2) is 5.79 Å². The van der Waals surface area contributed by atoms with E-state index in [1.165, 1.54) is 0 Å². The minimum Gasteiger partial charge on any atom is -0.394 e. The van der Waals surface area contributed by atoms with Gasteiger partial charge in [-0.05, 0) is 33.5 Å². The van der Waals surface area contributed by atoms with Crippen molar-refractivity contribution >= 4 is 18.7 Å². The fraction of sp³-hybridized carbons (Fsp3) is 0.351. The smallest absolute Gasteiger partial charge is 0.264 e. The van der Waals surface area contributed by atoms with Crippen LogP contribution in [0.4, 0.5) is 0 Å². The molecule has 7 heteroatoms. The molecule has 0 aromatic heterocycles. The van der Waals surface area contributed by atoms with Crippen molar-refractivity contribution in [2.24, 2.45) is 0 Å². The number of aliphatic hydroxyl groups is 2. The fourth-order valence-corrected chi connectivity index (χ4v) is 11.0. The van der Waals surface area contributed by atoms with Crippen LogP contribution in [0.2, 0.25) is 5.04 Å². The van der Waals surface area contributed by atoms with E-state index in [0.717, 1.165) is 21.5 Å². The summed E-state index contributed by atoms with van der Waals surface area (Å²) >= 11 is 0. The highest BCUT2D eigenvalue weighted by molar-refractivity contribution is 6.99. The van der Waals surface area contributed by atoms with Crippen LogP contribution in [0.5, 0.6) is 0 Å². The van der Waals surface area contributed by atoms with Gasteiger partial charge in [0.25, 0.3) is 8.32 Å². The van der Waals surface area contributed by atoms with Crippen LogP contribution in [0.25, 0.3) is 0 Å². The van der Waals surface area contributed by atoms with Crippen LogP contribution in [0.15, 0.2) is 121 Å². The summed E-state index contributed by atoms with van der Waals surface area (Å²) in [5.74, 6) is -1.41. The molecule has 0 spiro atoms. The van der Waals surface area contributed by atoms with Gasteiger partial charge in [0.1, 0.15) is 24.4 Å². The lowest BCUT2D eigenvalue weighted by Gasteiger charge is -2.55. The Hall–Kier alpha value is -3.14. The predicted octanol–water partition coefficient (Wildman–Crippen LogP) is 5.20. The lowest BCUT2D eigenvalue weighted by molar-refractivity contribution is -0.349. The molecule has 1 heterocycles. The van der Waals surface area contributed by atoms with E-state index >= 15 is 0 Å². The molecule has 0 unspecified atom stereocenters. The normalized spacial score (nSPS) is 24.2. The zero-order valence-corrected chi connectivity index (χ0v) is 27.0. The maximum Gasteiger partial charge on any atom is 0.264 e. The summed E-state index contributed by atoms with van der Waals surface area (Å²) in [6.07, 6.45) is -3.80. The molecule has 0 saturated carbocycles. The van der Waals surface area contributed by atoms with Crippen LogP contribution in [0.1, 0.15) is 38.8 Å². The van der Waals surface area contributed by atoms with Crippen LogP contribution >= 0.6 is 0 Å². The van der Waals surface area contributed by atoms with E-state index in [4.69, 9.17) is 18.6 Å². The third-order valence-electron chi connectivity index (χ3n) is 8.43. The third-order valence-corrected chi connectivity index (χ3v) is 13.5. The Balaban J connectivity index is 1.63. The fourth-order valence-electron chi connectivity index (χ4n) is 6.27. The Labute approximate surface area is 262 Å². The molecule has 232 valence electrons. The second-order valence-electron chi connectivity index (χ2n) is 12.6. The average Bonchev–Trinajstić information content (AvgIpc) is 3.04. The van der Waals surface area contributed by atoms with Crippen molar-refractivity contribution in [3.8, 4) is 0 Å². The highest BCUT2D eigenvalue weighted by atomic mass is 28.4. The van der Waals surface area contributed by atoms with Crippen LogP contribution in [-0.2, 0) is 31.9 Å². The maximum absolute atomic E-state index is 11.6. The molecule has 1 saturated heterocycles. The first kappa shape index (κ1) is 32.3. The van der Waals surface area contributed by atoms with E-state index in [2.05, 4.69) is 45.0 Å². The Morgan fingerprint density at radius 3 is 1.57 bits per heavy atom. The Bertz CT molecular complexity index is 1390. The molecule has 0 radical (unpaired) electrons. The van der Waals surface area contributed by atoms with Crippen molar-refractivity contribution in [1.82, 2.24) is 0 Å². The topological polar surface area (TPSA) is 77.4 Å². The first-order valence-electron chi connectivity index (χ1n) is 15.3. The summed E-state index contributed by atoms with van der Waals surface area (Å²) < 4.78 is 27.4. The van der Waals surface area contributed by atoms with E-state index in [1.54, 1.807) is 0 Å². The molecule has 2 N–H and O–H groups in total. The number of rotatable bonds is 11. The number of aliphatic hydroxyl groups excluding tert-OH is 2. The summed E-state index contributed by atoms with van der Waals surface area (Å²) in [6, 6.07) is 40.4. The lowest BCUT2D eigenvalue weighted by Crippen LogP contribution is -2.75. The molecule has 4 aromatic rings. The van der Waals surface area contributed by atoms with Gasteiger partial charge in [0.05, 0.1) is 19.8 Å². The summed E-state index contributed by atoms with van der Waals surface area (Å²) in [5, 5.41) is 23.8. The molecular formula is C37H44O6Si. The van der Waals surface area contributed by atoms with Gasteiger partial charge in [-0.3, -0.25) is 0 Å². The van der Waals surface area contributed by atoms with Gasteiger partial charge in [0, 0.05) is 0 Å². The van der Waals surface area contributed by atoms with Crippen LogP contribution in [0.3, 0.4) is 0 Å². The molecule has 1 fully saturated rings. The lowest BCUT2D eigenvalue weighted by atomic mass is 9.93. The van der Waals surface area contributed by atoms with Gasteiger partial charge >= 0.3 is 0 Å². The molecule has 0 aliphatic carbocycles. The summed E-state index contributed by atoms with van der Waals surface area (Å²) in [6.45, 7) is 8.58. The summed E-state index contributed by atoms with van der Waals surface area (Å²) in [7, 11) is -3.16. The van der Waals surface area contributed by atoms with Crippen molar-refractivity contribution in [2.45, 2.75) is 76.1 Å². The molecule has 5 rings (SSSR count). The zero-order valence-electron chi connectivity index (χ0n) is 26.0. The minimum absolute atomic E-state index is 0.251. The molecule has 0 bridgehead atoms. The maximum atomic E-state index is 11.6. The largest absolute Gasteiger partial charge is 0.394 e. The third kappa shape index (κ3) is 6.75. The monoisotopic (exact) mass is 612 g/mol. The molecule has 4 aromatic carbocycles. The van der Waals surface area contributed by atoms with Gasteiger partial charge in [-0.15, -0.1) is 0 Å². The number of benzene rings is 4. The van der Waals surface area contributed by atoms with E-state index in [1.807, 2.05) is 104 Å². The van der Waals surface area contributed by atoms with Crippen LogP contribution in [0, 0.1) is 0 Å². The van der Waals surface area contributed by atoms with E-state index in [0.29, 0.717) is 0 Å². The van der Waals surface area contributed by atoms with Crippen molar-refractivity contribution in [2.75, 3.05) is 6.61 Å². The number of hydrogen-bond donors (Lipinski definition) is 2. The van der Waals surface area contributed by atoms with Gasteiger partial charge < -0.3 is 28.8 Å². The van der Waals surface area contributed by atoms with Crippen molar-refractivity contribution in [3.05, 3.63) is 132 Å². The second kappa shape index (κ2) is 13.9. The molecule has 5 atom stereocenters. The average molecular weight is 613 g/mol. The highest BCUT2D eigenvalue weighted by Crippen LogP contribution is 2.44. The highest BCUT2D eigenvalue weighted by Gasteiger charge is 2.61. The van der Waals surface area contributed by atoms with Crippen LogP contribution in [-0.4, -0.2) is 55.3 Å². The molecular weight excluding hydrogens is 568 g/mol. The summed E-state index contributed by atoms with van der Waals surface area (Å²) in [4.78, 5) is 0. The standard InChI is InChI=1S/C37H44O6Si/c1-36(2,3)44(30-21-13-7-14-22-30,31-23-15-8-16-24-31)43-37(4)35(41-27-29-19-11-6-12-20-29)34(33(39)32(25-38)42-37)40-26-28-17-9-5-10-18-28/h5-24,32-35,38-39H,25-27H2,1-4H3/t32-,33-,34+,35-,37+/m1/s1. The van der Waals surface area contributed by atoms with Gasteiger partial charge in [0.2, 0.25) is 0 Å². The SMILES string of the molecule is CC(C)(C)[Si](O[C@]1(C)O[C@H](CO)[C@@H](O)[C@H](OCc2ccccc2)[C@H]1OCc1ccccc1)(c1ccccc1)c1ccccc1. The van der Waals surface area contributed by atoms with Gasteiger partial charge in [-0.2, -0.15) is 0 Å². The van der Waals surface area contributed by atoms with Crippen molar-refractivity contribution < 1.29 is 28.8 Å². The van der Waals surface area contributed by atoms with Gasteiger partial charge in [-0.25, -0.2) is 0 Å². The molecule has 1 aliphatic heterocycles. The number of hydrogen-bond acceptors (Lipinski definition) is 6. The van der Waals surface area contributed by atoms with Crippen molar-refractivity contribution in [1.29, 1.82) is 0 Å². The van der Waals surface area contributed by atoms with Crippen LogP contribution < -0.4 is 10.4 Å². The molecule has 44 heavy (non-hydrogen) atoms. The van der Waals surface area contributed by atoms with Gasteiger partial charge in [-0.1, -0.05) is 142 Å². The quantitative estimate of drug-likeness (QED) is 0.227.